The molecule has 0 atom stereocenters. The molecule has 0 spiro atoms. The minimum absolute atomic E-state index is 0.510. The number of nitrogens with zero attached hydrogens (tertiary/aromatic N) is 1. The van der Waals surface area contributed by atoms with Crippen LogP contribution in [0.5, 0.6) is 0 Å². The summed E-state index contributed by atoms with van der Waals surface area (Å²) in [6.45, 7) is 8.15. The predicted octanol–water partition coefficient (Wildman–Crippen LogP) is 2.06. The van der Waals surface area contributed by atoms with E-state index < -0.39 is 0 Å². The molecule has 0 aromatic carbocycles. The molecule has 0 saturated carbocycles. The van der Waals surface area contributed by atoms with Gasteiger partial charge in [0.15, 0.2) is 0 Å². The van der Waals surface area contributed by atoms with Crippen molar-refractivity contribution in [1.82, 2.24) is 5.32 Å². The van der Waals surface area contributed by atoms with Gasteiger partial charge in [-0.05, 0) is 5.92 Å². The topological polar surface area (TPSA) is 24.4 Å². The number of hydrogen-bond acceptors (Lipinski definition) is 2. The molecule has 0 amide bonds. The van der Waals surface area contributed by atoms with Crippen molar-refractivity contribution in [2.24, 2.45) is 10.9 Å². The highest BCUT2D eigenvalue weighted by Gasteiger charge is 2.07. The molecule has 0 fully saturated rings. The largest absolute Gasteiger partial charge is 0.364 e. The van der Waals surface area contributed by atoms with Crippen LogP contribution in [-0.4, -0.2) is 5.71 Å². The molecule has 0 aromatic heterocycles. The van der Waals surface area contributed by atoms with Crippen LogP contribution in [0.15, 0.2) is 29.7 Å². The lowest BCUT2D eigenvalue weighted by Crippen LogP contribution is -2.11. The van der Waals surface area contributed by atoms with Crippen LogP contribution < -0.4 is 5.32 Å². The average Bonchev–Trinajstić information content (AvgIpc) is 2.13. The number of hydrogen-bond donors (Lipinski definition) is 1. The average molecular weight is 150 g/mol. The number of rotatable bonds is 1. The third-order valence-electron chi connectivity index (χ3n) is 1.66. The Bertz CT molecular complexity index is 212. The van der Waals surface area contributed by atoms with Crippen LogP contribution in [0, 0.1) is 5.92 Å². The first-order valence-corrected chi connectivity index (χ1v) is 3.86. The molecule has 0 aliphatic carbocycles. The van der Waals surface area contributed by atoms with Crippen LogP contribution in [0.2, 0.25) is 0 Å². The summed E-state index contributed by atoms with van der Waals surface area (Å²) < 4.78 is 0. The summed E-state index contributed by atoms with van der Waals surface area (Å²) in [6.07, 6.45) is 4.47. The highest BCUT2D eigenvalue weighted by molar-refractivity contribution is 5.88. The van der Waals surface area contributed by atoms with Crippen LogP contribution in [0.4, 0.5) is 0 Å². The molecule has 1 heterocycles. The fourth-order valence-electron chi connectivity index (χ4n) is 0.957. The zero-order valence-corrected chi connectivity index (χ0v) is 7.09. The van der Waals surface area contributed by atoms with E-state index in [2.05, 4.69) is 30.7 Å². The second-order valence-electron chi connectivity index (χ2n) is 3.02. The maximum absolute atomic E-state index is 4.29. The Morgan fingerprint density at radius 2 is 2.36 bits per heavy atom. The first kappa shape index (κ1) is 8.05. The van der Waals surface area contributed by atoms with Gasteiger partial charge in [-0.2, -0.15) is 0 Å². The van der Waals surface area contributed by atoms with Gasteiger partial charge >= 0.3 is 0 Å². The van der Waals surface area contributed by atoms with Gasteiger partial charge in [-0.3, -0.25) is 4.99 Å². The lowest BCUT2D eigenvalue weighted by Gasteiger charge is -2.08. The molecule has 0 aromatic rings. The molecule has 0 bridgehead atoms. The van der Waals surface area contributed by atoms with Gasteiger partial charge < -0.3 is 5.32 Å². The fraction of sp³-hybridized carbons (Fsp3) is 0.444. The second kappa shape index (κ2) is 3.37. The molecule has 0 radical (unpaired) electrons. The van der Waals surface area contributed by atoms with Crippen molar-refractivity contribution in [1.29, 1.82) is 0 Å². The van der Waals surface area contributed by atoms with Gasteiger partial charge in [0.25, 0.3) is 0 Å². The molecule has 0 saturated heterocycles. The Labute approximate surface area is 67.7 Å². The molecule has 2 heteroatoms. The maximum Gasteiger partial charge on any atom is 0.0427 e. The van der Waals surface area contributed by atoms with Gasteiger partial charge in [0.05, 0.1) is 0 Å². The summed E-state index contributed by atoms with van der Waals surface area (Å²) in [5, 5.41) is 3.04. The van der Waals surface area contributed by atoms with Crippen molar-refractivity contribution >= 4 is 5.71 Å². The van der Waals surface area contributed by atoms with Crippen molar-refractivity contribution in [2.75, 3.05) is 0 Å². The number of nitrogens with one attached hydrogen (secondary N) is 1. The highest BCUT2D eigenvalue weighted by atomic mass is 14.9. The van der Waals surface area contributed by atoms with Gasteiger partial charge in [0, 0.05) is 30.2 Å². The van der Waals surface area contributed by atoms with Crippen molar-refractivity contribution in [3.05, 3.63) is 24.7 Å². The molecule has 1 N–H and O–H groups in total. The second-order valence-corrected chi connectivity index (χ2v) is 3.02. The predicted molar refractivity (Wildman–Crippen MR) is 48.3 cm³/mol. The van der Waals surface area contributed by atoms with E-state index in [9.17, 15) is 0 Å². The Morgan fingerprint density at radius 1 is 1.64 bits per heavy atom. The van der Waals surface area contributed by atoms with Gasteiger partial charge in [-0.25, -0.2) is 0 Å². The lowest BCUT2D eigenvalue weighted by atomic mass is 10.0. The Kier molecular flexibility index (Phi) is 2.47. The Balaban J connectivity index is 2.72. The van der Waals surface area contributed by atoms with Gasteiger partial charge in [0.2, 0.25) is 0 Å². The van der Waals surface area contributed by atoms with E-state index in [0.717, 1.165) is 12.1 Å². The lowest BCUT2D eigenvalue weighted by molar-refractivity contribution is 0.855. The molecule has 1 rings (SSSR count). The van der Waals surface area contributed by atoms with Crippen molar-refractivity contribution < 1.29 is 0 Å². The quantitative estimate of drug-likeness (QED) is 0.608. The van der Waals surface area contributed by atoms with Gasteiger partial charge in [-0.15, -0.1) is 0 Å². The van der Waals surface area contributed by atoms with E-state index in [0.29, 0.717) is 5.92 Å². The minimum atomic E-state index is 0.510. The summed E-state index contributed by atoms with van der Waals surface area (Å²) in [4.78, 5) is 4.29. The summed E-state index contributed by atoms with van der Waals surface area (Å²) in [5.41, 5.74) is 2.21. The van der Waals surface area contributed by atoms with Crippen molar-refractivity contribution in [3.63, 3.8) is 0 Å². The van der Waals surface area contributed by atoms with E-state index in [1.165, 1.54) is 5.71 Å². The molecule has 2 nitrogen and oxygen atoms in total. The smallest absolute Gasteiger partial charge is 0.0427 e. The molecular weight excluding hydrogens is 136 g/mol. The summed E-state index contributed by atoms with van der Waals surface area (Å²) in [6, 6.07) is 0. The summed E-state index contributed by atoms with van der Waals surface area (Å²) in [5.74, 6) is 0.510. The van der Waals surface area contributed by atoms with Gasteiger partial charge in [-0.1, -0.05) is 20.4 Å². The zero-order chi connectivity index (χ0) is 8.27. The van der Waals surface area contributed by atoms with Crippen LogP contribution in [0.1, 0.15) is 20.3 Å². The third-order valence-corrected chi connectivity index (χ3v) is 1.66. The van der Waals surface area contributed by atoms with Crippen molar-refractivity contribution in [2.45, 2.75) is 20.3 Å². The van der Waals surface area contributed by atoms with E-state index in [1.807, 2.05) is 6.20 Å². The monoisotopic (exact) mass is 150 g/mol. The summed E-state index contributed by atoms with van der Waals surface area (Å²) in [7, 11) is 0. The molecule has 1 aliphatic heterocycles. The third kappa shape index (κ3) is 2.22. The van der Waals surface area contributed by atoms with E-state index >= 15 is 0 Å². The maximum atomic E-state index is 4.29. The Hall–Kier alpha value is -1.05. The first-order valence-electron chi connectivity index (χ1n) is 3.86. The SMILES string of the molecule is C=C1CC(C(C)C)=NC=CN1. The van der Waals surface area contributed by atoms with Gasteiger partial charge in [0.1, 0.15) is 0 Å². The molecule has 60 valence electrons. The normalized spacial score (nSPS) is 17.7. The van der Waals surface area contributed by atoms with E-state index in [4.69, 9.17) is 0 Å². The molecular formula is C9H14N2. The van der Waals surface area contributed by atoms with E-state index in [-0.39, 0.29) is 0 Å². The van der Waals surface area contributed by atoms with Crippen molar-refractivity contribution in [3.8, 4) is 0 Å². The summed E-state index contributed by atoms with van der Waals surface area (Å²) >= 11 is 0. The van der Waals surface area contributed by atoms with Crippen LogP contribution in [-0.2, 0) is 0 Å². The zero-order valence-electron chi connectivity index (χ0n) is 7.09. The molecule has 1 aliphatic rings. The van der Waals surface area contributed by atoms with Crippen LogP contribution in [0.25, 0.3) is 0 Å². The number of aliphatic imine (C=N–C) groups is 1. The molecule has 11 heavy (non-hydrogen) atoms. The minimum Gasteiger partial charge on any atom is -0.364 e. The first-order chi connectivity index (χ1) is 5.20. The van der Waals surface area contributed by atoms with Crippen LogP contribution >= 0.6 is 0 Å². The van der Waals surface area contributed by atoms with E-state index in [1.54, 1.807) is 6.20 Å². The van der Waals surface area contributed by atoms with Crippen LogP contribution in [0.3, 0.4) is 0 Å². The Morgan fingerprint density at radius 3 is 3.00 bits per heavy atom. The fourth-order valence-corrected chi connectivity index (χ4v) is 0.957. The number of allylic oxidation sites excluding steroid dienone is 1. The highest BCUT2D eigenvalue weighted by Crippen LogP contribution is 2.08. The standard InChI is InChI=1S/C9H14N2/c1-7(2)9-6-8(3)10-4-5-11-9/h4-5,7,10H,3,6H2,1-2H3. The molecule has 0 unspecified atom stereocenters.